The normalized spacial score (nSPS) is 17.8. The van der Waals surface area contributed by atoms with Crippen LogP contribution in [-0.2, 0) is 0 Å². The van der Waals surface area contributed by atoms with Crippen molar-refractivity contribution < 1.29 is 4.79 Å². The van der Waals surface area contributed by atoms with Gasteiger partial charge in [-0.3, -0.25) is 4.79 Å². The lowest BCUT2D eigenvalue weighted by atomic mass is 9.83. The summed E-state index contributed by atoms with van der Waals surface area (Å²) in [7, 11) is 0. The van der Waals surface area contributed by atoms with E-state index in [0.29, 0.717) is 12.5 Å². The van der Waals surface area contributed by atoms with Gasteiger partial charge in [0, 0.05) is 18.2 Å². The second-order valence-corrected chi connectivity index (χ2v) is 5.98. The van der Waals surface area contributed by atoms with Crippen LogP contribution < -0.4 is 11.1 Å². The van der Waals surface area contributed by atoms with Crippen molar-refractivity contribution in [2.45, 2.75) is 52.0 Å². The Hall–Kier alpha value is -1.35. The van der Waals surface area contributed by atoms with Crippen molar-refractivity contribution in [1.29, 1.82) is 0 Å². The molecule has 1 aromatic carbocycles. The van der Waals surface area contributed by atoms with Crippen molar-refractivity contribution >= 4 is 5.91 Å². The Balaban J connectivity index is 2.09. The van der Waals surface area contributed by atoms with E-state index in [2.05, 4.69) is 5.32 Å². The number of nitrogens with one attached hydrogen (secondary N) is 1. The molecule has 1 aliphatic rings. The third kappa shape index (κ3) is 3.40. The smallest absolute Gasteiger partial charge is 0.252 e. The fraction of sp³-hybridized carbons (Fsp3) is 0.588. The molecule has 1 aromatic rings. The van der Waals surface area contributed by atoms with E-state index in [0.717, 1.165) is 16.7 Å². The topological polar surface area (TPSA) is 55.1 Å². The summed E-state index contributed by atoms with van der Waals surface area (Å²) >= 11 is 0. The van der Waals surface area contributed by atoms with Crippen LogP contribution in [0.4, 0.5) is 0 Å². The molecule has 3 heteroatoms. The molecule has 3 N–H and O–H groups in total. The summed E-state index contributed by atoms with van der Waals surface area (Å²) in [6.45, 7) is 4.50. The molecule has 0 radical (unpaired) electrons. The van der Waals surface area contributed by atoms with Gasteiger partial charge in [-0.1, -0.05) is 37.5 Å². The maximum Gasteiger partial charge on any atom is 0.252 e. The molecule has 0 bridgehead atoms. The van der Waals surface area contributed by atoms with Crippen LogP contribution in [-0.4, -0.2) is 18.5 Å². The number of aryl methyl sites for hydroxylation is 2. The third-order valence-corrected chi connectivity index (χ3v) is 4.50. The number of hydrogen-bond donors (Lipinski definition) is 2. The fourth-order valence-electron chi connectivity index (χ4n) is 3.32. The van der Waals surface area contributed by atoms with Crippen molar-refractivity contribution in [3.8, 4) is 0 Å². The monoisotopic (exact) mass is 274 g/mol. The van der Waals surface area contributed by atoms with Crippen LogP contribution in [0, 0.1) is 19.8 Å². The molecule has 110 valence electrons. The number of rotatable bonds is 4. The highest BCUT2D eigenvalue weighted by Gasteiger charge is 2.25. The second kappa shape index (κ2) is 6.89. The van der Waals surface area contributed by atoms with Gasteiger partial charge < -0.3 is 11.1 Å². The molecule has 1 unspecified atom stereocenters. The van der Waals surface area contributed by atoms with Gasteiger partial charge >= 0.3 is 0 Å². The lowest BCUT2D eigenvalue weighted by molar-refractivity contribution is 0.0914. The minimum atomic E-state index is 0.0293. The maximum absolute atomic E-state index is 12.5. The highest BCUT2D eigenvalue weighted by molar-refractivity contribution is 5.97. The summed E-state index contributed by atoms with van der Waals surface area (Å²) in [5, 5.41) is 3.17. The summed E-state index contributed by atoms with van der Waals surface area (Å²) in [5.41, 5.74) is 8.76. The average molecular weight is 274 g/mol. The molecule has 0 aliphatic heterocycles. The van der Waals surface area contributed by atoms with Crippen LogP contribution in [0.5, 0.6) is 0 Å². The number of hydrogen-bond acceptors (Lipinski definition) is 2. The van der Waals surface area contributed by atoms with Crippen LogP contribution in [0.1, 0.15) is 53.6 Å². The molecule has 1 saturated carbocycles. The van der Waals surface area contributed by atoms with Crippen molar-refractivity contribution in [1.82, 2.24) is 5.32 Å². The van der Waals surface area contributed by atoms with E-state index in [1.807, 2.05) is 32.0 Å². The Kier molecular flexibility index (Phi) is 5.18. The quantitative estimate of drug-likeness (QED) is 0.887. The van der Waals surface area contributed by atoms with E-state index in [1.165, 1.54) is 32.1 Å². The van der Waals surface area contributed by atoms with E-state index in [9.17, 15) is 4.79 Å². The first-order valence-corrected chi connectivity index (χ1v) is 7.70. The fourth-order valence-corrected chi connectivity index (χ4v) is 3.32. The van der Waals surface area contributed by atoms with Crippen LogP contribution in [0.25, 0.3) is 0 Å². The first-order valence-electron chi connectivity index (χ1n) is 7.70. The number of nitrogens with two attached hydrogens (primary N) is 1. The van der Waals surface area contributed by atoms with Crippen molar-refractivity contribution in [3.63, 3.8) is 0 Å². The Labute approximate surface area is 121 Å². The van der Waals surface area contributed by atoms with Crippen molar-refractivity contribution in [3.05, 3.63) is 34.9 Å². The van der Waals surface area contributed by atoms with Gasteiger partial charge in [0.05, 0.1) is 0 Å². The van der Waals surface area contributed by atoms with E-state index in [-0.39, 0.29) is 11.9 Å². The molecule has 3 nitrogen and oxygen atoms in total. The molecule has 0 spiro atoms. The Morgan fingerprint density at radius 3 is 2.40 bits per heavy atom. The zero-order valence-corrected chi connectivity index (χ0v) is 12.6. The number of benzene rings is 1. The van der Waals surface area contributed by atoms with Crippen LogP contribution in [0.15, 0.2) is 18.2 Å². The highest BCUT2D eigenvalue weighted by atomic mass is 16.1. The molecule has 1 amide bonds. The first kappa shape index (κ1) is 15.0. The van der Waals surface area contributed by atoms with Gasteiger partial charge in [0.1, 0.15) is 0 Å². The highest BCUT2D eigenvalue weighted by Crippen LogP contribution is 2.26. The van der Waals surface area contributed by atoms with Gasteiger partial charge in [-0.05, 0) is 43.7 Å². The molecule has 0 saturated heterocycles. The lowest BCUT2D eigenvalue weighted by Crippen LogP contribution is -2.46. The second-order valence-electron chi connectivity index (χ2n) is 5.98. The molecule has 0 aromatic heterocycles. The summed E-state index contributed by atoms with van der Waals surface area (Å²) in [6, 6.07) is 6.07. The van der Waals surface area contributed by atoms with Crippen LogP contribution >= 0.6 is 0 Å². The van der Waals surface area contributed by atoms with Gasteiger partial charge in [0.2, 0.25) is 0 Å². The van der Waals surface area contributed by atoms with Gasteiger partial charge in [0.15, 0.2) is 0 Å². The van der Waals surface area contributed by atoms with E-state index in [4.69, 9.17) is 5.73 Å². The molecule has 1 atom stereocenters. The molecular weight excluding hydrogens is 248 g/mol. The predicted molar refractivity (Wildman–Crippen MR) is 82.8 cm³/mol. The van der Waals surface area contributed by atoms with Gasteiger partial charge in [-0.15, -0.1) is 0 Å². The van der Waals surface area contributed by atoms with E-state index >= 15 is 0 Å². The zero-order chi connectivity index (χ0) is 14.5. The SMILES string of the molecule is Cc1cccc(C)c1C(=O)NC(CN)C1CCCCC1. The van der Waals surface area contributed by atoms with Crippen molar-refractivity contribution in [2.24, 2.45) is 11.7 Å². The predicted octanol–water partition coefficient (Wildman–Crippen LogP) is 2.94. The number of carbonyl (C=O) groups excluding carboxylic acids is 1. The largest absolute Gasteiger partial charge is 0.348 e. The van der Waals surface area contributed by atoms with E-state index in [1.54, 1.807) is 0 Å². The number of amides is 1. The minimum Gasteiger partial charge on any atom is -0.348 e. The van der Waals surface area contributed by atoms with Crippen LogP contribution in [0.2, 0.25) is 0 Å². The summed E-state index contributed by atoms with van der Waals surface area (Å²) < 4.78 is 0. The standard InChI is InChI=1S/C17H26N2O/c1-12-7-6-8-13(2)16(12)17(20)19-15(11-18)14-9-4-3-5-10-14/h6-8,14-15H,3-5,9-11,18H2,1-2H3,(H,19,20). The summed E-state index contributed by atoms with van der Waals surface area (Å²) in [4.78, 5) is 12.5. The molecule has 1 aliphatic carbocycles. The molecule has 2 rings (SSSR count). The lowest BCUT2D eigenvalue weighted by Gasteiger charge is -2.30. The molecule has 1 fully saturated rings. The number of carbonyl (C=O) groups is 1. The van der Waals surface area contributed by atoms with Crippen LogP contribution in [0.3, 0.4) is 0 Å². The van der Waals surface area contributed by atoms with Crippen molar-refractivity contribution in [2.75, 3.05) is 6.54 Å². The summed E-state index contributed by atoms with van der Waals surface area (Å²) in [6.07, 6.45) is 6.23. The molecular formula is C17H26N2O. The third-order valence-electron chi connectivity index (χ3n) is 4.50. The average Bonchev–Trinajstić information content (AvgIpc) is 2.45. The zero-order valence-electron chi connectivity index (χ0n) is 12.6. The van der Waals surface area contributed by atoms with E-state index < -0.39 is 0 Å². The van der Waals surface area contributed by atoms with Gasteiger partial charge in [-0.25, -0.2) is 0 Å². The Morgan fingerprint density at radius 1 is 1.25 bits per heavy atom. The summed E-state index contributed by atoms with van der Waals surface area (Å²) in [5.74, 6) is 0.573. The molecule has 20 heavy (non-hydrogen) atoms. The maximum atomic E-state index is 12.5. The Morgan fingerprint density at radius 2 is 1.85 bits per heavy atom. The Bertz CT molecular complexity index is 444. The first-order chi connectivity index (χ1) is 9.63. The van der Waals surface area contributed by atoms with Gasteiger partial charge in [0.25, 0.3) is 5.91 Å². The van der Waals surface area contributed by atoms with Gasteiger partial charge in [-0.2, -0.15) is 0 Å². The molecule has 0 heterocycles. The minimum absolute atomic E-state index is 0.0293.